The van der Waals surface area contributed by atoms with E-state index in [0.717, 1.165) is 31.6 Å². The van der Waals surface area contributed by atoms with Gasteiger partial charge in [0, 0.05) is 55.2 Å². The molecule has 1 aliphatic rings. The van der Waals surface area contributed by atoms with Gasteiger partial charge >= 0.3 is 0 Å². The van der Waals surface area contributed by atoms with Crippen LogP contribution < -0.4 is 5.32 Å². The van der Waals surface area contributed by atoms with Gasteiger partial charge in [-0.1, -0.05) is 13.0 Å². The van der Waals surface area contributed by atoms with E-state index in [1.54, 1.807) is 25.4 Å². The Morgan fingerprint density at radius 3 is 2.66 bits per heavy atom. The summed E-state index contributed by atoms with van der Waals surface area (Å²) in [6.45, 7) is 11.0. The number of H-pyrrole nitrogens is 1. The van der Waals surface area contributed by atoms with Crippen molar-refractivity contribution in [1.82, 2.24) is 19.8 Å². The molecule has 1 aliphatic heterocycles. The van der Waals surface area contributed by atoms with Gasteiger partial charge in [-0.15, -0.1) is 0 Å². The fourth-order valence-corrected chi connectivity index (χ4v) is 3.91. The van der Waals surface area contributed by atoms with Gasteiger partial charge in [0.05, 0.1) is 11.6 Å². The van der Waals surface area contributed by atoms with Crippen molar-refractivity contribution >= 4 is 28.3 Å². The van der Waals surface area contributed by atoms with Gasteiger partial charge in [-0.25, -0.2) is 9.37 Å². The minimum absolute atomic E-state index is 0.0773. The van der Waals surface area contributed by atoms with Gasteiger partial charge in [0.2, 0.25) is 5.91 Å². The van der Waals surface area contributed by atoms with Gasteiger partial charge in [-0.05, 0) is 46.4 Å². The Kier molecular flexibility index (Phi) is 7.93. The molecular formula is C24H33FN6O. The van der Waals surface area contributed by atoms with E-state index in [1.807, 2.05) is 26.8 Å². The second-order valence-electron chi connectivity index (χ2n) is 8.06. The summed E-state index contributed by atoms with van der Waals surface area (Å²) < 4.78 is 14.7. The summed E-state index contributed by atoms with van der Waals surface area (Å²) in [5, 5.41) is 3.75. The number of halogens is 1. The third kappa shape index (κ3) is 5.14. The van der Waals surface area contributed by atoms with Gasteiger partial charge in [0.15, 0.2) is 5.82 Å². The summed E-state index contributed by atoms with van der Waals surface area (Å²) >= 11 is 0. The Morgan fingerprint density at radius 2 is 2.03 bits per heavy atom. The minimum Gasteiger partial charge on any atom is -0.357 e. The maximum absolute atomic E-state index is 14.7. The van der Waals surface area contributed by atoms with Crippen LogP contribution >= 0.6 is 0 Å². The van der Waals surface area contributed by atoms with E-state index in [4.69, 9.17) is 0 Å². The molecule has 0 saturated carbocycles. The molecular weight excluding hydrogens is 407 g/mol. The number of aromatic amines is 1. The molecule has 1 amide bonds. The van der Waals surface area contributed by atoms with Crippen LogP contribution in [0.2, 0.25) is 0 Å². The van der Waals surface area contributed by atoms with Crippen LogP contribution in [-0.4, -0.2) is 70.7 Å². The lowest BCUT2D eigenvalue weighted by Crippen LogP contribution is -2.52. The fourth-order valence-electron chi connectivity index (χ4n) is 3.91. The maximum atomic E-state index is 14.7. The van der Waals surface area contributed by atoms with E-state index >= 15 is 0 Å². The van der Waals surface area contributed by atoms with Crippen molar-refractivity contribution in [2.75, 3.05) is 38.5 Å². The number of allylic oxidation sites excluding steroid dienone is 4. The molecule has 0 spiro atoms. The Balaban J connectivity index is 1.92. The number of carbonyl (C=O) groups excluding carboxylic acids is 1. The van der Waals surface area contributed by atoms with Crippen molar-refractivity contribution in [1.29, 1.82) is 0 Å². The SMILES string of the molecule is C\C=C(C)/N=C(\C(F)=C/C)c1c[nH]c2c(NC(=O)C(CC)N3CCN(C)CC3)nccc12. The van der Waals surface area contributed by atoms with Crippen LogP contribution in [0.4, 0.5) is 10.2 Å². The summed E-state index contributed by atoms with van der Waals surface area (Å²) in [4.78, 5) is 29.6. The second-order valence-corrected chi connectivity index (χ2v) is 8.06. The van der Waals surface area contributed by atoms with Gasteiger partial charge < -0.3 is 15.2 Å². The maximum Gasteiger partial charge on any atom is 0.242 e. The number of aliphatic imine (C=N–C) groups is 1. The molecule has 1 atom stereocenters. The molecule has 0 aromatic carbocycles. The van der Waals surface area contributed by atoms with E-state index in [2.05, 4.69) is 37.1 Å². The number of aromatic nitrogens is 2. The molecule has 32 heavy (non-hydrogen) atoms. The van der Waals surface area contributed by atoms with Crippen LogP contribution in [0.3, 0.4) is 0 Å². The highest BCUT2D eigenvalue weighted by Crippen LogP contribution is 2.27. The predicted octanol–water partition coefficient (Wildman–Crippen LogP) is 4.11. The molecule has 0 radical (unpaired) electrons. The van der Waals surface area contributed by atoms with Crippen LogP contribution in [0.1, 0.15) is 39.7 Å². The lowest BCUT2D eigenvalue weighted by molar-refractivity contribution is -0.122. The quantitative estimate of drug-likeness (QED) is 0.635. The monoisotopic (exact) mass is 440 g/mol. The van der Waals surface area contributed by atoms with Crippen LogP contribution in [0.5, 0.6) is 0 Å². The molecule has 7 nitrogen and oxygen atoms in total. The molecule has 0 bridgehead atoms. The number of hydrogen-bond acceptors (Lipinski definition) is 5. The molecule has 1 fully saturated rings. The Labute approximate surface area is 189 Å². The third-order valence-corrected chi connectivity index (χ3v) is 5.95. The van der Waals surface area contributed by atoms with Crippen molar-refractivity contribution in [2.24, 2.45) is 4.99 Å². The number of rotatable bonds is 7. The van der Waals surface area contributed by atoms with E-state index < -0.39 is 5.83 Å². The first-order valence-corrected chi connectivity index (χ1v) is 11.1. The predicted molar refractivity (Wildman–Crippen MR) is 129 cm³/mol. The average molecular weight is 441 g/mol. The Hall–Kier alpha value is -2.84. The number of piperazine rings is 1. The van der Waals surface area contributed by atoms with Crippen molar-refractivity contribution in [3.63, 3.8) is 0 Å². The van der Waals surface area contributed by atoms with E-state index in [0.29, 0.717) is 29.0 Å². The lowest BCUT2D eigenvalue weighted by Gasteiger charge is -2.36. The number of nitrogens with zero attached hydrogens (tertiary/aromatic N) is 4. The minimum atomic E-state index is -0.407. The molecule has 2 aromatic heterocycles. The molecule has 2 aromatic rings. The summed E-state index contributed by atoms with van der Waals surface area (Å²) in [6, 6.07) is 1.59. The van der Waals surface area contributed by atoms with Crippen molar-refractivity contribution in [3.8, 4) is 0 Å². The fraction of sp³-hybridized carbons (Fsp3) is 0.458. The van der Waals surface area contributed by atoms with Gasteiger partial charge in [-0.3, -0.25) is 14.7 Å². The molecule has 3 rings (SSSR count). The second kappa shape index (κ2) is 10.7. The summed E-state index contributed by atoms with van der Waals surface area (Å²) in [6.07, 6.45) is 7.28. The first kappa shape index (κ1) is 23.8. The van der Waals surface area contributed by atoms with E-state index in [1.165, 1.54) is 6.08 Å². The zero-order valence-electron chi connectivity index (χ0n) is 19.6. The third-order valence-electron chi connectivity index (χ3n) is 5.95. The van der Waals surface area contributed by atoms with Gasteiger partial charge in [0.25, 0.3) is 0 Å². The topological polar surface area (TPSA) is 76.6 Å². The number of carbonyl (C=O) groups is 1. The number of hydrogen-bond donors (Lipinski definition) is 2. The zero-order chi connectivity index (χ0) is 23.3. The van der Waals surface area contributed by atoms with Crippen LogP contribution in [-0.2, 0) is 4.79 Å². The Bertz CT molecular complexity index is 1050. The summed E-state index contributed by atoms with van der Waals surface area (Å²) in [5.74, 6) is -0.0450. The Morgan fingerprint density at radius 1 is 1.31 bits per heavy atom. The number of anilines is 1. The average Bonchev–Trinajstić information content (AvgIpc) is 3.23. The van der Waals surface area contributed by atoms with Crippen LogP contribution in [0.25, 0.3) is 10.9 Å². The number of pyridine rings is 1. The summed E-state index contributed by atoms with van der Waals surface area (Å²) in [5.41, 5.74) is 2.24. The highest BCUT2D eigenvalue weighted by molar-refractivity contribution is 6.19. The van der Waals surface area contributed by atoms with E-state index in [9.17, 15) is 9.18 Å². The highest BCUT2D eigenvalue weighted by atomic mass is 19.1. The lowest BCUT2D eigenvalue weighted by atomic mass is 10.1. The molecule has 0 aliphatic carbocycles. The van der Waals surface area contributed by atoms with Crippen molar-refractivity contribution in [3.05, 3.63) is 47.7 Å². The van der Waals surface area contributed by atoms with Crippen LogP contribution in [0.15, 0.2) is 47.1 Å². The standard InChI is InChI=1S/C24H33FN6O/c1-6-16(4)28-21(19(25)7-2)18-15-27-22-17(18)9-10-26-23(22)29-24(32)20(8-3)31-13-11-30(5)12-14-31/h6-7,9-10,15,20,27H,8,11-14H2,1-5H3,(H,26,29,32)/b16-6-,19-7+,28-21-. The number of nitrogens with one attached hydrogen (secondary N) is 2. The largest absolute Gasteiger partial charge is 0.357 e. The normalized spacial score (nSPS) is 18.2. The molecule has 3 heterocycles. The van der Waals surface area contributed by atoms with Crippen LogP contribution in [0, 0.1) is 0 Å². The highest BCUT2D eigenvalue weighted by Gasteiger charge is 2.27. The van der Waals surface area contributed by atoms with Gasteiger partial charge in [-0.2, -0.15) is 0 Å². The molecule has 8 heteroatoms. The first-order chi connectivity index (χ1) is 15.4. The molecule has 172 valence electrons. The molecule has 1 unspecified atom stereocenters. The number of amides is 1. The smallest absolute Gasteiger partial charge is 0.242 e. The molecule has 1 saturated heterocycles. The number of likely N-dealkylation sites (N-methyl/N-ethyl adjacent to an activating group) is 1. The zero-order valence-corrected chi connectivity index (χ0v) is 19.6. The first-order valence-electron chi connectivity index (χ1n) is 11.1. The van der Waals surface area contributed by atoms with Gasteiger partial charge in [0.1, 0.15) is 11.5 Å². The van der Waals surface area contributed by atoms with Crippen molar-refractivity contribution in [2.45, 2.75) is 40.2 Å². The van der Waals surface area contributed by atoms with Crippen molar-refractivity contribution < 1.29 is 9.18 Å². The number of fused-ring (bicyclic) bond motifs is 1. The molecule has 2 N–H and O–H groups in total. The summed E-state index contributed by atoms with van der Waals surface area (Å²) in [7, 11) is 2.09. The van der Waals surface area contributed by atoms with E-state index in [-0.39, 0.29) is 17.7 Å².